The Morgan fingerprint density at radius 1 is 0.290 bits per heavy atom. The lowest BCUT2D eigenvalue weighted by atomic mass is 10.0. The highest BCUT2D eigenvalue weighted by molar-refractivity contribution is 9.10. The van der Waals surface area contributed by atoms with E-state index in [9.17, 15) is 29.1 Å². The molecule has 0 bridgehead atoms. The average molecular weight is 1950 g/mol. The minimum atomic E-state index is -0.0994. The van der Waals surface area contributed by atoms with Crippen molar-refractivity contribution in [2.24, 2.45) is 0 Å². The molecule has 0 saturated carbocycles. The van der Waals surface area contributed by atoms with Gasteiger partial charge in [0, 0.05) is 196 Å². The van der Waals surface area contributed by atoms with E-state index in [-0.39, 0.29) is 41.7 Å². The highest BCUT2D eigenvalue weighted by atomic mass is 79.9. The van der Waals surface area contributed by atoms with Crippen LogP contribution in [0.1, 0.15) is 223 Å². The molecular weight excluding hydrogens is 1790 g/mol. The van der Waals surface area contributed by atoms with Gasteiger partial charge in [-0.05, 0) is 221 Å². The number of H-pyrrole nitrogens is 1. The fraction of sp³-hybridized carbons (Fsp3) is 0.575. The van der Waals surface area contributed by atoms with Crippen LogP contribution in [0.15, 0.2) is 161 Å². The number of halogens is 2. The summed E-state index contributed by atoms with van der Waals surface area (Å²) >= 11 is 6.81. The summed E-state index contributed by atoms with van der Waals surface area (Å²) in [7, 11) is 1.62. The van der Waals surface area contributed by atoms with E-state index >= 15 is 0 Å². The van der Waals surface area contributed by atoms with Crippen molar-refractivity contribution in [2.75, 3.05) is 172 Å². The number of hydrogen-bond donors (Lipinski definition) is 7. The van der Waals surface area contributed by atoms with Gasteiger partial charge in [0.2, 0.25) is 29.5 Å². The molecule has 0 aliphatic heterocycles. The molecule has 0 aliphatic carbocycles. The Bertz CT molecular complexity index is 4200. The Balaban J connectivity index is 0.000000343. The van der Waals surface area contributed by atoms with Crippen molar-refractivity contribution in [1.29, 1.82) is 0 Å². The molecule has 131 heavy (non-hydrogen) atoms. The van der Waals surface area contributed by atoms with Crippen molar-refractivity contribution < 1.29 is 81.2 Å². The number of unbranched alkanes of at least 4 members (excludes halogenated alkanes) is 10. The maximum absolute atomic E-state index is 12.2. The van der Waals surface area contributed by atoms with Crippen molar-refractivity contribution in [3.63, 3.8) is 0 Å². The predicted molar refractivity (Wildman–Crippen MR) is 538 cm³/mol. The van der Waals surface area contributed by atoms with Crippen LogP contribution in [0.5, 0.6) is 11.5 Å². The highest BCUT2D eigenvalue weighted by Crippen LogP contribution is 2.25. The molecule has 0 atom stereocenters. The summed E-state index contributed by atoms with van der Waals surface area (Å²) in [6.07, 6.45) is 29.7. The molecule has 5 amide bonds. The summed E-state index contributed by atoms with van der Waals surface area (Å²) in [6.45, 7) is 29.6. The zero-order chi connectivity index (χ0) is 94.1. The molecule has 8 rings (SSSR count). The monoisotopic (exact) mass is 1950 g/mol. The van der Waals surface area contributed by atoms with Gasteiger partial charge >= 0.3 is 0 Å². The van der Waals surface area contributed by atoms with E-state index < -0.39 is 0 Å². The third-order valence-electron chi connectivity index (χ3n) is 20.7. The van der Waals surface area contributed by atoms with Crippen LogP contribution in [0.2, 0.25) is 0 Å². The number of methoxy groups -OCH3 is 1. The molecule has 23 nitrogen and oxygen atoms in total. The van der Waals surface area contributed by atoms with Gasteiger partial charge in [-0.1, -0.05) is 196 Å². The molecule has 0 radical (unpaired) electrons. The molecule has 25 heteroatoms. The van der Waals surface area contributed by atoms with Crippen molar-refractivity contribution in [3.05, 3.63) is 189 Å². The number of rotatable bonds is 71. The second-order valence-corrected chi connectivity index (χ2v) is 34.1. The number of nitrogens with one attached hydrogen (secondary N) is 6. The number of phenols is 1. The second kappa shape index (κ2) is 80.6. The van der Waals surface area contributed by atoms with Crippen LogP contribution >= 0.6 is 31.9 Å². The van der Waals surface area contributed by atoms with E-state index in [1.165, 1.54) is 48.3 Å². The van der Waals surface area contributed by atoms with Gasteiger partial charge in [-0.15, -0.1) is 0 Å². The summed E-state index contributed by atoms with van der Waals surface area (Å²) in [4.78, 5) is 63.3. The molecule has 7 N–H and O–H groups in total. The number of aromatic nitrogens is 1. The lowest BCUT2D eigenvalue weighted by Gasteiger charge is -2.08. The second-order valence-electron chi connectivity index (χ2n) is 32.3. The molecule has 1 heterocycles. The standard InChI is InChI=1S/2C23H33NO3.C21H31BrN2O3.C20H33NO4.C19H30BrNO4/c1-2-3-15-26-16-6-7-17-27-18-9-14-24-23(25)19-21-12-8-11-20-10-4-5-13-22(20)21;1-2-3-14-26-15-6-7-16-27-17-8-13-24-23(25)19-20-11-12-21-9-4-5-10-22(21)18-20;1-2-3-10-26-11-4-5-12-27-13-6-9-23-21(25)14-17-16-24-20-8-7-18(22)15-19(17)20;1-3-4-12-24-13-5-6-14-25-15-8-11-21-20(22)17-18-9-7-10-19(16-18)23-2;1-2-3-10-24-11-4-5-12-25-13-6-9-21-19(23)15-16-14-17(20)7-8-18(16)22/h4-5,8,10-13H,2-3,6-7,9,14-19H2,1H3,(H,24,25);4-5,9-12,18H,2-3,6-8,13-17,19H2,1H3,(H,24,25);7-8,15-16,24H,2-6,9-14H2,1H3,(H,23,25);7,9-10,16H,3-6,8,11-15,17H2,1-2H3,(H,21,22);7-8,14,22H,2-6,9-13,15H2,1H3,(H,21,23). The third-order valence-corrected chi connectivity index (χ3v) is 21.7. The van der Waals surface area contributed by atoms with Crippen LogP contribution < -0.4 is 31.3 Å². The van der Waals surface area contributed by atoms with Crippen LogP contribution in [-0.2, 0) is 103 Å². The zero-order valence-corrected chi connectivity index (χ0v) is 83.2. The van der Waals surface area contributed by atoms with Crippen LogP contribution in [0.25, 0.3) is 32.4 Å². The first kappa shape index (κ1) is 115. The van der Waals surface area contributed by atoms with Crippen molar-refractivity contribution in [3.8, 4) is 11.5 Å². The smallest absolute Gasteiger partial charge is 0.224 e. The summed E-state index contributed by atoms with van der Waals surface area (Å²) in [6, 6.07) is 47.4. The van der Waals surface area contributed by atoms with Gasteiger partial charge in [-0.3, -0.25) is 24.0 Å². The molecule has 0 aliphatic rings. The third kappa shape index (κ3) is 60.9. The highest BCUT2D eigenvalue weighted by Gasteiger charge is 2.14. The van der Waals surface area contributed by atoms with E-state index in [4.69, 9.17) is 52.1 Å². The van der Waals surface area contributed by atoms with Crippen LogP contribution in [-0.4, -0.2) is 212 Å². The molecule has 0 saturated heterocycles. The summed E-state index contributed by atoms with van der Waals surface area (Å²) in [5.74, 6) is 1.01. The minimum absolute atomic E-state index is 0.0254. The number of amides is 5. The Labute approximate surface area is 800 Å². The topological polar surface area (TPSA) is 283 Å². The Kier molecular flexibility index (Phi) is 71.0. The van der Waals surface area contributed by atoms with Gasteiger partial charge in [-0.2, -0.15) is 0 Å². The van der Waals surface area contributed by atoms with E-state index in [0.29, 0.717) is 97.0 Å². The van der Waals surface area contributed by atoms with E-state index in [1.54, 1.807) is 25.3 Å². The number of ether oxygens (including phenoxy) is 11. The number of aromatic hydroxyl groups is 1. The maximum Gasteiger partial charge on any atom is 0.224 e. The van der Waals surface area contributed by atoms with Crippen molar-refractivity contribution >= 4 is 93.8 Å². The number of carbonyl (C=O) groups is 5. The van der Waals surface area contributed by atoms with E-state index in [1.807, 2.05) is 91.1 Å². The Morgan fingerprint density at radius 2 is 0.618 bits per heavy atom. The van der Waals surface area contributed by atoms with Gasteiger partial charge in [0.25, 0.3) is 0 Å². The van der Waals surface area contributed by atoms with Gasteiger partial charge in [0.1, 0.15) is 11.5 Å². The van der Waals surface area contributed by atoms with Crippen molar-refractivity contribution in [2.45, 2.75) is 227 Å². The Hall–Kier alpha value is -7.89. The van der Waals surface area contributed by atoms with Gasteiger partial charge in [-0.25, -0.2) is 0 Å². The molecule has 1 aromatic heterocycles. The molecule has 730 valence electrons. The first-order valence-corrected chi connectivity index (χ1v) is 50.2. The van der Waals surface area contributed by atoms with Crippen LogP contribution in [0, 0.1) is 0 Å². The molecule has 0 fully saturated rings. The lowest BCUT2D eigenvalue weighted by molar-refractivity contribution is -0.121. The fourth-order valence-electron chi connectivity index (χ4n) is 13.1. The maximum atomic E-state index is 12.2. The molecule has 0 unspecified atom stereocenters. The normalized spacial score (nSPS) is 10.9. The number of benzene rings is 7. The number of aromatic amines is 1. The fourth-order valence-corrected chi connectivity index (χ4v) is 13.8. The first-order valence-electron chi connectivity index (χ1n) is 48.6. The summed E-state index contributed by atoms with van der Waals surface area (Å²) in [5, 5.41) is 30.2. The minimum Gasteiger partial charge on any atom is -0.508 e. The number of phenolic OH excluding ortho intramolecular Hbond substituents is 1. The van der Waals surface area contributed by atoms with E-state index in [2.05, 4.69) is 141 Å². The largest absolute Gasteiger partial charge is 0.508 e. The quantitative estimate of drug-likeness (QED) is 0.0174. The first-order chi connectivity index (χ1) is 64.2. The van der Waals surface area contributed by atoms with Crippen LogP contribution in [0.3, 0.4) is 0 Å². The lowest BCUT2D eigenvalue weighted by Crippen LogP contribution is -2.26. The van der Waals surface area contributed by atoms with Gasteiger partial charge in [0.05, 0.1) is 39.2 Å². The zero-order valence-electron chi connectivity index (χ0n) is 80.1. The van der Waals surface area contributed by atoms with Gasteiger partial charge < -0.3 is 88.8 Å². The van der Waals surface area contributed by atoms with Crippen molar-refractivity contribution in [1.82, 2.24) is 31.6 Å². The summed E-state index contributed by atoms with van der Waals surface area (Å²) < 4.78 is 62.5. The molecule has 0 spiro atoms. The van der Waals surface area contributed by atoms with Gasteiger partial charge in [0.15, 0.2) is 0 Å². The SMILES string of the molecule is CCCCOCCCCOCCCNC(=O)Cc1c[nH]c2ccc(Br)cc12.CCCCOCCCCOCCCNC(=O)Cc1cc(Br)ccc1O.CCCCOCCCCOCCCNC(=O)Cc1ccc2ccccc2c1.CCCCOCCCCOCCCNC(=O)Cc1cccc(OC)c1.CCCCOCCCCOCCCNC(=O)Cc1cccc2ccccc12. The molecular formula is C106H160Br2N6O17. The van der Waals surface area contributed by atoms with E-state index in [0.717, 1.165) is 281 Å². The molecule has 8 aromatic rings. The van der Waals surface area contributed by atoms with Crippen LogP contribution in [0.4, 0.5) is 0 Å². The molecule has 7 aromatic carbocycles. The number of carbonyl (C=O) groups excluding carboxylic acids is 5. The summed E-state index contributed by atoms with van der Waals surface area (Å²) in [5.41, 5.74) is 5.75. The average Bonchev–Trinajstić information content (AvgIpc) is 1.75. The number of fused-ring (bicyclic) bond motifs is 3. The predicted octanol–water partition coefficient (Wildman–Crippen LogP) is 20.8. The Morgan fingerprint density at radius 3 is 1.03 bits per heavy atom. The number of hydrogen-bond acceptors (Lipinski definition) is 17.